The average molecular weight is 425 g/mol. The van der Waals surface area contributed by atoms with E-state index < -0.39 is 0 Å². The number of nitrogens with zero attached hydrogens (tertiary/aromatic N) is 3. The number of aromatic nitrogens is 3. The van der Waals surface area contributed by atoms with Gasteiger partial charge in [-0.1, -0.05) is 17.8 Å². The van der Waals surface area contributed by atoms with Crippen LogP contribution < -0.4 is 10.1 Å². The molecule has 0 aliphatic carbocycles. The van der Waals surface area contributed by atoms with E-state index in [4.69, 9.17) is 4.74 Å². The van der Waals surface area contributed by atoms with Gasteiger partial charge in [-0.3, -0.25) is 9.59 Å². The van der Waals surface area contributed by atoms with Crippen LogP contribution in [0.4, 0.5) is 5.69 Å². The molecule has 0 aliphatic rings. The second-order valence-electron chi connectivity index (χ2n) is 6.92. The lowest BCUT2D eigenvalue weighted by Gasteiger charge is -2.08. The highest BCUT2D eigenvalue weighted by Crippen LogP contribution is 2.20. The monoisotopic (exact) mass is 424 g/mol. The van der Waals surface area contributed by atoms with E-state index >= 15 is 0 Å². The number of aryl methyl sites for hydroxylation is 2. The summed E-state index contributed by atoms with van der Waals surface area (Å²) in [5.74, 6) is 1.29. The summed E-state index contributed by atoms with van der Waals surface area (Å²) in [5.41, 5.74) is 3.65. The topological polar surface area (TPSA) is 86.1 Å². The van der Waals surface area contributed by atoms with E-state index in [1.54, 1.807) is 43.0 Å². The number of carbonyl (C=O) groups is 2. The first-order chi connectivity index (χ1) is 14.4. The van der Waals surface area contributed by atoms with E-state index in [-0.39, 0.29) is 23.9 Å². The molecule has 0 fully saturated rings. The summed E-state index contributed by atoms with van der Waals surface area (Å²) in [5, 5.41) is 11.7. The lowest BCUT2D eigenvalue weighted by Crippen LogP contribution is -2.17. The van der Waals surface area contributed by atoms with Crippen molar-refractivity contribution in [2.75, 3.05) is 18.2 Å². The van der Waals surface area contributed by atoms with Crippen molar-refractivity contribution < 1.29 is 14.3 Å². The number of hydrogen-bond donors (Lipinski definition) is 1. The Morgan fingerprint density at radius 3 is 2.47 bits per heavy atom. The van der Waals surface area contributed by atoms with Crippen LogP contribution in [0.2, 0.25) is 0 Å². The number of carbonyl (C=O) groups excluding carboxylic acids is 2. The number of Topliss-reactive ketones (excluding diaryl/α,β-unsaturated/α-hetero) is 1. The number of amides is 1. The minimum Gasteiger partial charge on any atom is -0.497 e. The summed E-state index contributed by atoms with van der Waals surface area (Å²) >= 11 is 1.29. The van der Waals surface area contributed by atoms with Gasteiger partial charge in [-0.05, 0) is 61.4 Å². The number of rotatable bonds is 8. The molecular weight excluding hydrogens is 400 g/mol. The molecule has 30 heavy (non-hydrogen) atoms. The van der Waals surface area contributed by atoms with E-state index in [0.717, 1.165) is 11.3 Å². The number of nitrogens with one attached hydrogen (secondary N) is 1. The van der Waals surface area contributed by atoms with E-state index in [0.29, 0.717) is 22.3 Å². The molecular formula is C22H24N4O3S. The summed E-state index contributed by atoms with van der Waals surface area (Å²) in [7, 11) is 3.37. The van der Waals surface area contributed by atoms with Gasteiger partial charge in [0.1, 0.15) is 11.6 Å². The Hall–Kier alpha value is -3.13. The van der Waals surface area contributed by atoms with Gasteiger partial charge in [-0.15, -0.1) is 10.2 Å². The quantitative estimate of drug-likeness (QED) is 0.439. The molecule has 0 saturated carbocycles. The molecule has 1 amide bonds. The van der Waals surface area contributed by atoms with Crippen LogP contribution in [0.15, 0.2) is 47.6 Å². The Morgan fingerprint density at radius 2 is 1.80 bits per heavy atom. The molecule has 156 valence electrons. The Bertz CT molecular complexity index is 1060. The van der Waals surface area contributed by atoms with Crippen molar-refractivity contribution in [1.82, 2.24) is 14.8 Å². The van der Waals surface area contributed by atoms with Crippen molar-refractivity contribution in [3.8, 4) is 5.75 Å². The van der Waals surface area contributed by atoms with Gasteiger partial charge >= 0.3 is 0 Å². The predicted molar refractivity (Wildman–Crippen MR) is 117 cm³/mol. The smallest absolute Gasteiger partial charge is 0.232 e. The molecule has 0 unspecified atom stereocenters. The minimum atomic E-state index is -0.167. The molecule has 3 aromatic rings. The molecule has 2 aromatic carbocycles. The Balaban J connectivity index is 1.57. The highest BCUT2D eigenvalue weighted by Gasteiger charge is 2.15. The van der Waals surface area contributed by atoms with Crippen molar-refractivity contribution in [3.05, 3.63) is 65.0 Å². The highest BCUT2D eigenvalue weighted by molar-refractivity contribution is 7.99. The maximum Gasteiger partial charge on any atom is 0.232 e. The Morgan fingerprint density at radius 1 is 1.07 bits per heavy atom. The van der Waals surface area contributed by atoms with Gasteiger partial charge in [0.25, 0.3) is 0 Å². The molecule has 1 N–H and O–H groups in total. The van der Waals surface area contributed by atoms with Crippen LogP contribution in [0.25, 0.3) is 0 Å². The number of thioether (sulfide) groups is 1. The summed E-state index contributed by atoms with van der Waals surface area (Å²) < 4.78 is 6.85. The fourth-order valence-corrected chi connectivity index (χ4v) is 3.61. The zero-order valence-electron chi connectivity index (χ0n) is 17.4. The van der Waals surface area contributed by atoms with Gasteiger partial charge in [0.15, 0.2) is 10.9 Å². The third kappa shape index (κ3) is 5.27. The SMILES string of the molecule is COc1ccc(C(=O)CSc2nnc(CC(=O)Nc3ccc(C)c(C)c3)n2C)cc1. The Kier molecular flexibility index (Phi) is 6.89. The third-order valence-corrected chi connectivity index (χ3v) is 5.80. The number of benzene rings is 2. The van der Waals surface area contributed by atoms with E-state index in [1.165, 1.54) is 17.3 Å². The van der Waals surface area contributed by atoms with Crippen molar-refractivity contribution in [1.29, 1.82) is 0 Å². The van der Waals surface area contributed by atoms with E-state index in [2.05, 4.69) is 15.5 Å². The predicted octanol–water partition coefficient (Wildman–Crippen LogP) is 3.60. The van der Waals surface area contributed by atoms with Crippen LogP contribution in [-0.4, -0.2) is 39.3 Å². The number of ketones is 1. The maximum atomic E-state index is 12.4. The summed E-state index contributed by atoms with van der Waals surface area (Å²) in [4.78, 5) is 24.8. The molecule has 0 radical (unpaired) electrons. The van der Waals surface area contributed by atoms with Crippen LogP contribution in [0.3, 0.4) is 0 Å². The normalized spacial score (nSPS) is 10.7. The second-order valence-corrected chi connectivity index (χ2v) is 7.86. The first-order valence-electron chi connectivity index (χ1n) is 9.43. The van der Waals surface area contributed by atoms with Gasteiger partial charge in [-0.2, -0.15) is 0 Å². The molecule has 7 nitrogen and oxygen atoms in total. The average Bonchev–Trinajstić information content (AvgIpc) is 3.08. The van der Waals surface area contributed by atoms with Crippen molar-refractivity contribution in [3.63, 3.8) is 0 Å². The minimum absolute atomic E-state index is 0.0142. The highest BCUT2D eigenvalue weighted by atomic mass is 32.2. The molecule has 0 bridgehead atoms. The van der Waals surface area contributed by atoms with Crippen LogP contribution in [0.1, 0.15) is 27.3 Å². The molecule has 3 rings (SSSR count). The molecule has 1 heterocycles. The zero-order valence-corrected chi connectivity index (χ0v) is 18.2. The largest absolute Gasteiger partial charge is 0.497 e. The number of hydrogen-bond acceptors (Lipinski definition) is 6. The third-order valence-electron chi connectivity index (χ3n) is 4.78. The molecule has 8 heteroatoms. The van der Waals surface area contributed by atoms with Crippen molar-refractivity contribution in [2.45, 2.75) is 25.4 Å². The Labute approximate surface area is 179 Å². The lowest BCUT2D eigenvalue weighted by atomic mass is 10.1. The summed E-state index contributed by atoms with van der Waals surface area (Å²) in [6.07, 6.45) is 0.101. The first-order valence-corrected chi connectivity index (χ1v) is 10.4. The van der Waals surface area contributed by atoms with E-state index in [9.17, 15) is 9.59 Å². The zero-order chi connectivity index (χ0) is 21.7. The number of anilines is 1. The fourth-order valence-electron chi connectivity index (χ4n) is 2.78. The van der Waals surface area contributed by atoms with Gasteiger partial charge in [0.05, 0.1) is 19.3 Å². The maximum absolute atomic E-state index is 12.4. The van der Waals surface area contributed by atoms with Gasteiger partial charge in [0.2, 0.25) is 5.91 Å². The molecule has 0 atom stereocenters. The lowest BCUT2D eigenvalue weighted by molar-refractivity contribution is -0.115. The molecule has 1 aromatic heterocycles. The van der Waals surface area contributed by atoms with Gasteiger partial charge in [0, 0.05) is 18.3 Å². The summed E-state index contributed by atoms with van der Waals surface area (Å²) in [6, 6.07) is 12.8. The standard InChI is InChI=1S/C22H24N4O3S/c1-14-5-8-17(11-15(14)2)23-21(28)12-20-24-25-22(26(20)3)30-13-19(27)16-6-9-18(29-4)10-7-16/h5-11H,12-13H2,1-4H3,(H,23,28). The molecule has 0 spiro atoms. The number of ether oxygens (including phenoxy) is 1. The van der Waals surface area contributed by atoms with Crippen LogP contribution in [0, 0.1) is 13.8 Å². The van der Waals surface area contributed by atoms with Crippen LogP contribution in [0.5, 0.6) is 5.75 Å². The van der Waals surface area contributed by atoms with Crippen LogP contribution >= 0.6 is 11.8 Å². The van der Waals surface area contributed by atoms with Gasteiger partial charge in [-0.25, -0.2) is 0 Å². The first kappa shape index (κ1) is 21.6. The molecule has 0 saturated heterocycles. The molecule has 0 aliphatic heterocycles. The van der Waals surface area contributed by atoms with Crippen molar-refractivity contribution in [2.24, 2.45) is 7.05 Å². The van der Waals surface area contributed by atoms with Crippen molar-refractivity contribution >= 4 is 29.1 Å². The summed E-state index contributed by atoms with van der Waals surface area (Å²) in [6.45, 7) is 4.03. The number of methoxy groups -OCH3 is 1. The van der Waals surface area contributed by atoms with Gasteiger partial charge < -0.3 is 14.6 Å². The van der Waals surface area contributed by atoms with Crippen LogP contribution in [-0.2, 0) is 18.3 Å². The van der Waals surface area contributed by atoms with E-state index in [1.807, 2.05) is 32.0 Å². The second kappa shape index (κ2) is 9.58. The fraction of sp³-hybridized carbons (Fsp3) is 0.273.